The summed E-state index contributed by atoms with van der Waals surface area (Å²) in [6.07, 6.45) is -3.70. The maximum atomic E-state index is 9.79. The van der Waals surface area contributed by atoms with Gasteiger partial charge in [-0.2, -0.15) is 0 Å². The molecule has 15 heavy (non-hydrogen) atoms. The second kappa shape index (κ2) is 3.38. The molecule has 0 aromatic heterocycles. The molecule has 1 spiro atoms. The molecule has 88 valence electrons. The van der Waals surface area contributed by atoms with E-state index in [1.807, 2.05) is 0 Å². The molecule has 0 unspecified atom stereocenters. The fraction of sp³-hybridized carbons (Fsp3) is 1.00. The lowest BCUT2D eigenvalue weighted by Crippen LogP contribution is -2.62. The van der Waals surface area contributed by atoms with Crippen LogP contribution in [0.25, 0.3) is 0 Å². The lowest BCUT2D eigenvalue weighted by atomic mass is 9.97. The van der Waals surface area contributed by atoms with Crippen molar-refractivity contribution in [2.45, 2.75) is 43.7 Å². The van der Waals surface area contributed by atoms with Gasteiger partial charge in [0.2, 0.25) is 5.79 Å². The third kappa shape index (κ3) is 1.77. The van der Waals surface area contributed by atoms with Crippen LogP contribution in [0.1, 0.15) is 13.8 Å². The highest BCUT2D eigenvalue weighted by molar-refractivity contribution is 4.96. The van der Waals surface area contributed by atoms with Crippen molar-refractivity contribution in [1.82, 2.24) is 0 Å². The Labute approximate surface area is 87.4 Å². The van der Waals surface area contributed by atoms with Crippen LogP contribution in [0.3, 0.4) is 0 Å². The molecule has 6 heteroatoms. The van der Waals surface area contributed by atoms with Crippen LogP contribution in [0.2, 0.25) is 0 Å². The Bertz CT molecular complexity index is 255. The minimum absolute atomic E-state index is 0.0327. The van der Waals surface area contributed by atoms with Crippen LogP contribution >= 0.6 is 0 Å². The van der Waals surface area contributed by atoms with E-state index in [1.54, 1.807) is 13.8 Å². The summed E-state index contributed by atoms with van der Waals surface area (Å²) in [6.45, 7) is 3.33. The summed E-state index contributed by atoms with van der Waals surface area (Å²) in [5, 5.41) is 28.6. The molecule has 6 nitrogen and oxygen atoms in total. The van der Waals surface area contributed by atoms with Gasteiger partial charge in [-0.3, -0.25) is 0 Å². The minimum atomic E-state index is -1.36. The number of aliphatic hydroxyl groups is 3. The van der Waals surface area contributed by atoms with Crippen molar-refractivity contribution < 1.29 is 29.5 Å². The molecule has 0 amide bonds. The van der Waals surface area contributed by atoms with Gasteiger partial charge in [-0.1, -0.05) is 0 Å². The summed E-state index contributed by atoms with van der Waals surface area (Å²) in [5.41, 5.74) is 0. The second-order valence-corrected chi connectivity index (χ2v) is 4.42. The van der Waals surface area contributed by atoms with E-state index in [0.717, 1.165) is 0 Å². The average Bonchev–Trinajstić information content (AvgIpc) is 2.47. The van der Waals surface area contributed by atoms with E-state index in [4.69, 9.17) is 14.2 Å². The SMILES string of the molecule is CC1(C)OC[C@]2(OC[C@@H](O)[C@@H](O)[C@@H]2O)O1. The van der Waals surface area contributed by atoms with E-state index >= 15 is 0 Å². The van der Waals surface area contributed by atoms with Crippen LogP contribution in [0, 0.1) is 0 Å². The Morgan fingerprint density at radius 3 is 2.33 bits per heavy atom. The van der Waals surface area contributed by atoms with Crippen molar-refractivity contribution in [1.29, 1.82) is 0 Å². The van der Waals surface area contributed by atoms with Crippen molar-refractivity contribution in [3.63, 3.8) is 0 Å². The Balaban J connectivity index is 2.16. The third-order valence-corrected chi connectivity index (χ3v) is 2.71. The fourth-order valence-corrected chi connectivity index (χ4v) is 1.85. The molecule has 4 atom stereocenters. The minimum Gasteiger partial charge on any atom is -0.388 e. The molecular weight excluding hydrogens is 204 g/mol. The molecule has 0 aromatic carbocycles. The van der Waals surface area contributed by atoms with Crippen LogP contribution in [0.5, 0.6) is 0 Å². The van der Waals surface area contributed by atoms with E-state index in [9.17, 15) is 15.3 Å². The first-order chi connectivity index (χ1) is 6.86. The van der Waals surface area contributed by atoms with Gasteiger partial charge in [0.05, 0.1) is 6.61 Å². The van der Waals surface area contributed by atoms with Gasteiger partial charge in [0, 0.05) is 0 Å². The highest BCUT2D eigenvalue weighted by Gasteiger charge is 2.57. The summed E-state index contributed by atoms with van der Waals surface area (Å²) in [6, 6.07) is 0. The van der Waals surface area contributed by atoms with E-state index < -0.39 is 29.9 Å². The van der Waals surface area contributed by atoms with E-state index in [-0.39, 0.29) is 13.2 Å². The molecule has 2 aliphatic rings. The number of ether oxygens (including phenoxy) is 3. The maximum absolute atomic E-state index is 9.79. The van der Waals surface area contributed by atoms with E-state index in [0.29, 0.717) is 0 Å². The zero-order chi connectivity index (χ0) is 11.3. The van der Waals surface area contributed by atoms with Gasteiger partial charge in [0.1, 0.15) is 24.9 Å². The van der Waals surface area contributed by atoms with Gasteiger partial charge < -0.3 is 29.5 Å². The quantitative estimate of drug-likeness (QED) is 0.464. The number of hydrogen-bond donors (Lipinski definition) is 3. The van der Waals surface area contributed by atoms with Crippen molar-refractivity contribution >= 4 is 0 Å². The topological polar surface area (TPSA) is 88.4 Å². The van der Waals surface area contributed by atoms with Gasteiger partial charge in [-0.25, -0.2) is 0 Å². The van der Waals surface area contributed by atoms with Crippen LogP contribution in [-0.2, 0) is 14.2 Å². The van der Waals surface area contributed by atoms with Crippen molar-refractivity contribution in [3.8, 4) is 0 Å². The number of rotatable bonds is 0. The van der Waals surface area contributed by atoms with Crippen LogP contribution in [-0.4, -0.2) is 58.4 Å². The predicted octanol–water partition coefficient (Wildman–Crippen LogP) is -1.42. The smallest absolute Gasteiger partial charge is 0.224 e. The van der Waals surface area contributed by atoms with E-state index in [1.165, 1.54) is 0 Å². The largest absolute Gasteiger partial charge is 0.388 e. The third-order valence-electron chi connectivity index (χ3n) is 2.71. The van der Waals surface area contributed by atoms with Gasteiger partial charge in [-0.05, 0) is 13.8 Å². The summed E-state index contributed by atoms with van der Waals surface area (Å²) in [7, 11) is 0. The van der Waals surface area contributed by atoms with Crippen LogP contribution in [0.4, 0.5) is 0 Å². The van der Waals surface area contributed by atoms with Gasteiger partial charge in [0.15, 0.2) is 5.79 Å². The Kier molecular flexibility index (Phi) is 2.53. The molecule has 2 aliphatic heterocycles. The van der Waals surface area contributed by atoms with Gasteiger partial charge in [0.25, 0.3) is 0 Å². The second-order valence-electron chi connectivity index (χ2n) is 4.42. The van der Waals surface area contributed by atoms with E-state index in [2.05, 4.69) is 0 Å². The fourth-order valence-electron chi connectivity index (χ4n) is 1.85. The summed E-state index contributed by atoms with van der Waals surface area (Å²) >= 11 is 0. The molecular formula is C9H16O6. The average molecular weight is 220 g/mol. The molecule has 0 bridgehead atoms. The maximum Gasteiger partial charge on any atom is 0.224 e. The molecule has 2 heterocycles. The zero-order valence-electron chi connectivity index (χ0n) is 8.71. The molecule has 2 rings (SSSR count). The molecule has 2 fully saturated rings. The lowest BCUT2D eigenvalue weighted by Gasteiger charge is -2.41. The number of hydrogen-bond acceptors (Lipinski definition) is 6. The first kappa shape index (κ1) is 11.3. The normalized spacial score (nSPS) is 49.8. The van der Waals surface area contributed by atoms with Crippen LogP contribution in [0.15, 0.2) is 0 Å². The van der Waals surface area contributed by atoms with Crippen molar-refractivity contribution in [3.05, 3.63) is 0 Å². The molecule has 0 aromatic rings. The first-order valence-electron chi connectivity index (χ1n) is 4.89. The van der Waals surface area contributed by atoms with Gasteiger partial charge in [-0.15, -0.1) is 0 Å². The highest BCUT2D eigenvalue weighted by atomic mass is 16.8. The van der Waals surface area contributed by atoms with Gasteiger partial charge >= 0.3 is 0 Å². The molecule has 3 N–H and O–H groups in total. The standard InChI is InChI=1S/C9H16O6/c1-8(2)14-4-9(15-8)7(12)6(11)5(10)3-13-9/h5-7,10-12H,3-4H2,1-2H3/t5-,6-,7+,9+/m1/s1. The molecule has 0 saturated carbocycles. The number of aliphatic hydroxyl groups excluding tert-OH is 3. The monoisotopic (exact) mass is 220 g/mol. The summed E-state index contributed by atoms with van der Waals surface area (Å²) < 4.78 is 16.0. The Hall–Kier alpha value is -0.240. The molecule has 2 saturated heterocycles. The van der Waals surface area contributed by atoms with Crippen molar-refractivity contribution in [2.75, 3.05) is 13.2 Å². The summed E-state index contributed by atoms with van der Waals surface area (Å²) in [5.74, 6) is -2.22. The summed E-state index contributed by atoms with van der Waals surface area (Å²) in [4.78, 5) is 0. The molecule has 0 radical (unpaired) electrons. The van der Waals surface area contributed by atoms with Crippen LogP contribution < -0.4 is 0 Å². The first-order valence-corrected chi connectivity index (χ1v) is 4.89. The zero-order valence-corrected chi connectivity index (χ0v) is 8.71. The molecule has 0 aliphatic carbocycles. The Morgan fingerprint density at radius 1 is 1.13 bits per heavy atom. The van der Waals surface area contributed by atoms with Crippen molar-refractivity contribution in [2.24, 2.45) is 0 Å². The highest BCUT2D eigenvalue weighted by Crippen LogP contribution is 2.38. The predicted molar refractivity (Wildman–Crippen MR) is 47.8 cm³/mol. The Morgan fingerprint density at radius 2 is 1.80 bits per heavy atom. The lowest BCUT2D eigenvalue weighted by molar-refractivity contribution is -0.337.